The van der Waals surface area contributed by atoms with Crippen LogP contribution in [-0.2, 0) is 16.2 Å². The maximum absolute atomic E-state index is 13.0. The molecule has 8 nitrogen and oxygen atoms in total. The highest BCUT2D eigenvalue weighted by Crippen LogP contribution is 2.30. The predicted octanol–water partition coefficient (Wildman–Crippen LogP) is 6.73. The SMILES string of the molecule is CCOc1cc(/C=N\NC(=O)[C@H](CC(C)C)NC(=O)[C@H](C)Oc2ccc(Cl)cc2Cl)ccc1OCc1cccc(C)c1. The van der Waals surface area contributed by atoms with Gasteiger partial charge < -0.3 is 19.5 Å². The highest BCUT2D eigenvalue weighted by atomic mass is 35.5. The molecule has 0 fully saturated rings. The predicted molar refractivity (Wildman–Crippen MR) is 167 cm³/mol. The third kappa shape index (κ3) is 10.3. The fourth-order valence-electron chi connectivity index (χ4n) is 4.01. The lowest BCUT2D eigenvalue weighted by molar-refractivity contribution is -0.132. The van der Waals surface area contributed by atoms with E-state index in [-0.39, 0.29) is 10.9 Å². The first-order chi connectivity index (χ1) is 20.0. The Labute approximate surface area is 257 Å². The van der Waals surface area contributed by atoms with Crippen molar-refractivity contribution < 1.29 is 23.8 Å². The minimum absolute atomic E-state index is 0.132. The zero-order chi connectivity index (χ0) is 30.6. The van der Waals surface area contributed by atoms with Crippen LogP contribution in [-0.4, -0.2) is 36.8 Å². The molecule has 0 aromatic heterocycles. The van der Waals surface area contributed by atoms with Gasteiger partial charge in [-0.05, 0) is 80.6 Å². The van der Waals surface area contributed by atoms with Crippen molar-refractivity contribution in [1.82, 2.24) is 10.7 Å². The Kier molecular flexibility index (Phi) is 12.5. The quantitative estimate of drug-likeness (QED) is 0.155. The number of carbonyl (C=O) groups excluding carboxylic acids is 2. The van der Waals surface area contributed by atoms with E-state index in [1.54, 1.807) is 31.2 Å². The molecule has 0 radical (unpaired) electrons. The van der Waals surface area contributed by atoms with Gasteiger partial charge in [-0.1, -0.05) is 66.9 Å². The van der Waals surface area contributed by atoms with Gasteiger partial charge in [-0.25, -0.2) is 5.43 Å². The van der Waals surface area contributed by atoms with Gasteiger partial charge in [-0.15, -0.1) is 0 Å². The normalized spacial score (nSPS) is 12.6. The molecule has 0 heterocycles. The monoisotopic (exact) mass is 613 g/mol. The van der Waals surface area contributed by atoms with Gasteiger partial charge in [-0.2, -0.15) is 5.10 Å². The lowest BCUT2D eigenvalue weighted by Crippen LogP contribution is -2.49. The van der Waals surface area contributed by atoms with Crippen LogP contribution in [0.4, 0.5) is 0 Å². The molecule has 0 saturated heterocycles. The lowest BCUT2D eigenvalue weighted by atomic mass is 10.0. The Morgan fingerprint density at radius 2 is 1.69 bits per heavy atom. The van der Waals surface area contributed by atoms with E-state index in [1.807, 2.05) is 52.0 Å². The average Bonchev–Trinajstić information content (AvgIpc) is 2.93. The number of benzene rings is 3. The summed E-state index contributed by atoms with van der Waals surface area (Å²) >= 11 is 12.1. The van der Waals surface area contributed by atoms with E-state index >= 15 is 0 Å². The van der Waals surface area contributed by atoms with E-state index in [2.05, 4.69) is 21.9 Å². The highest BCUT2D eigenvalue weighted by Gasteiger charge is 2.25. The van der Waals surface area contributed by atoms with Gasteiger partial charge >= 0.3 is 0 Å². The number of nitrogens with one attached hydrogen (secondary N) is 2. The first-order valence-electron chi connectivity index (χ1n) is 13.8. The van der Waals surface area contributed by atoms with E-state index in [1.165, 1.54) is 12.3 Å². The van der Waals surface area contributed by atoms with E-state index in [9.17, 15) is 9.59 Å². The number of amides is 2. The number of rotatable bonds is 14. The van der Waals surface area contributed by atoms with E-state index in [0.717, 1.165) is 11.1 Å². The Hall–Kier alpha value is -3.75. The largest absolute Gasteiger partial charge is 0.490 e. The van der Waals surface area contributed by atoms with Gasteiger partial charge in [0, 0.05) is 5.02 Å². The summed E-state index contributed by atoms with van der Waals surface area (Å²) in [5.74, 6) is 0.710. The number of hydrogen-bond donors (Lipinski definition) is 2. The summed E-state index contributed by atoms with van der Waals surface area (Å²) in [5.41, 5.74) is 5.45. The summed E-state index contributed by atoms with van der Waals surface area (Å²) < 4.78 is 17.5. The molecule has 0 saturated carbocycles. The minimum atomic E-state index is -0.904. The van der Waals surface area contributed by atoms with Crippen LogP contribution in [0.3, 0.4) is 0 Å². The van der Waals surface area contributed by atoms with E-state index in [4.69, 9.17) is 37.4 Å². The molecule has 2 amide bonds. The fraction of sp³-hybridized carbons (Fsp3) is 0.344. The molecule has 2 atom stereocenters. The Morgan fingerprint density at radius 1 is 0.929 bits per heavy atom. The molecule has 0 bridgehead atoms. The standard InChI is InChI=1S/C32H37Cl2N3O5/c1-6-40-30-16-23(10-12-29(30)41-19-24-9-7-8-21(4)15-24)18-35-37-32(39)27(14-20(2)3)36-31(38)22(5)42-28-13-11-25(33)17-26(28)34/h7-13,15-18,20,22,27H,6,14,19H2,1-5H3,(H,36,38)(H,37,39)/b35-18-/t22-,27-/m0/s1. The smallest absolute Gasteiger partial charge is 0.262 e. The van der Waals surface area contributed by atoms with Crippen LogP contribution in [0, 0.1) is 12.8 Å². The van der Waals surface area contributed by atoms with Crippen LogP contribution in [0.5, 0.6) is 17.2 Å². The zero-order valence-corrected chi connectivity index (χ0v) is 26.0. The maximum atomic E-state index is 13.0. The molecule has 10 heteroatoms. The van der Waals surface area contributed by atoms with Crippen molar-refractivity contribution in [3.8, 4) is 17.2 Å². The van der Waals surface area contributed by atoms with Gasteiger partial charge in [0.25, 0.3) is 11.8 Å². The number of hydrogen-bond acceptors (Lipinski definition) is 6. The topological polar surface area (TPSA) is 98.2 Å². The lowest BCUT2D eigenvalue weighted by Gasteiger charge is -2.22. The number of ether oxygens (including phenoxy) is 3. The molecule has 0 aliphatic rings. The summed E-state index contributed by atoms with van der Waals surface area (Å²) in [6.07, 6.45) is 1.01. The van der Waals surface area contributed by atoms with Gasteiger partial charge in [-0.3, -0.25) is 9.59 Å². The van der Waals surface area contributed by atoms with Crippen molar-refractivity contribution in [2.75, 3.05) is 6.61 Å². The summed E-state index contributed by atoms with van der Waals surface area (Å²) in [6.45, 7) is 10.3. The molecule has 2 N–H and O–H groups in total. The Morgan fingerprint density at radius 3 is 2.38 bits per heavy atom. The second-order valence-electron chi connectivity index (χ2n) is 10.2. The van der Waals surface area contributed by atoms with Crippen molar-refractivity contribution in [2.24, 2.45) is 11.0 Å². The summed E-state index contributed by atoms with van der Waals surface area (Å²) in [7, 11) is 0. The van der Waals surface area contributed by atoms with Crippen molar-refractivity contribution >= 4 is 41.2 Å². The molecular weight excluding hydrogens is 577 g/mol. The number of halogens is 2. The molecule has 3 rings (SSSR count). The molecule has 0 aliphatic heterocycles. The zero-order valence-electron chi connectivity index (χ0n) is 24.4. The molecule has 0 spiro atoms. The second-order valence-corrected chi connectivity index (χ2v) is 11.0. The van der Waals surface area contributed by atoms with Crippen LogP contribution in [0.1, 0.15) is 50.8 Å². The fourth-order valence-corrected chi connectivity index (χ4v) is 4.46. The highest BCUT2D eigenvalue weighted by molar-refractivity contribution is 6.35. The molecule has 42 heavy (non-hydrogen) atoms. The van der Waals surface area contributed by atoms with Crippen LogP contribution in [0.2, 0.25) is 10.0 Å². The van der Waals surface area contributed by atoms with Crippen molar-refractivity contribution in [2.45, 2.75) is 59.8 Å². The minimum Gasteiger partial charge on any atom is -0.490 e. The molecule has 224 valence electrons. The molecular formula is C32H37Cl2N3O5. The molecule has 0 aliphatic carbocycles. The van der Waals surface area contributed by atoms with Crippen molar-refractivity contribution in [1.29, 1.82) is 0 Å². The van der Waals surface area contributed by atoms with Gasteiger partial charge in [0.05, 0.1) is 17.8 Å². The van der Waals surface area contributed by atoms with Crippen LogP contribution in [0.15, 0.2) is 65.8 Å². The summed E-state index contributed by atoms with van der Waals surface area (Å²) in [5, 5.41) is 7.60. The average molecular weight is 615 g/mol. The van der Waals surface area contributed by atoms with Gasteiger partial charge in [0.2, 0.25) is 0 Å². The van der Waals surface area contributed by atoms with E-state index in [0.29, 0.717) is 47.5 Å². The first kappa shape index (κ1) is 32.8. The Bertz CT molecular complexity index is 1400. The molecule has 3 aromatic rings. The van der Waals surface area contributed by atoms with Crippen LogP contribution >= 0.6 is 23.2 Å². The third-order valence-corrected chi connectivity index (χ3v) is 6.57. The van der Waals surface area contributed by atoms with Crippen molar-refractivity contribution in [3.63, 3.8) is 0 Å². The first-order valence-corrected chi connectivity index (χ1v) is 14.5. The van der Waals surface area contributed by atoms with Gasteiger partial charge in [0.15, 0.2) is 17.6 Å². The Balaban J connectivity index is 1.62. The number of nitrogens with zero attached hydrogens (tertiary/aromatic N) is 1. The molecule has 0 unspecified atom stereocenters. The molecule has 3 aromatic carbocycles. The summed E-state index contributed by atoms with van der Waals surface area (Å²) in [6, 6.07) is 17.4. The van der Waals surface area contributed by atoms with Crippen LogP contribution in [0.25, 0.3) is 0 Å². The number of hydrazone groups is 1. The van der Waals surface area contributed by atoms with Gasteiger partial charge in [0.1, 0.15) is 18.4 Å². The van der Waals surface area contributed by atoms with Crippen LogP contribution < -0.4 is 25.0 Å². The maximum Gasteiger partial charge on any atom is 0.262 e. The number of carbonyl (C=O) groups is 2. The third-order valence-electron chi connectivity index (χ3n) is 6.04. The summed E-state index contributed by atoms with van der Waals surface area (Å²) in [4.78, 5) is 25.8. The van der Waals surface area contributed by atoms with E-state index < -0.39 is 24.0 Å². The van der Waals surface area contributed by atoms with Crippen molar-refractivity contribution in [3.05, 3.63) is 87.4 Å². The number of aryl methyl sites for hydroxylation is 1. The second kappa shape index (κ2) is 16.0.